The highest BCUT2D eigenvalue weighted by Gasteiger charge is 2.06. The van der Waals surface area contributed by atoms with Crippen LogP contribution in [0.1, 0.15) is 15.9 Å². The molecule has 6 nitrogen and oxygen atoms in total. The van der Waals surface area contributed by atoms with E-state index in [0.717, 1.165) is 18.4 Å². The fraction of sp³-hybridized carbons (Fsp3) is 0.0455. The third-order valence-electron chi connectivity index (χ3n) is 3.86. The molecule has 0 fully saturated rings. The van der Waals surface area contributed by atoms with Gasteiger partial charge >= 0.3 is 0 Å². The van der Waals surface area contributed by atoms with Crippen molar-refractivity contribution in [2.24, 2.45) is 5.10 Å². The molecule has 3 aromatic carbocycles. The number of benzene rings is 3. The van der Waals surface area contributed by atoms with E-state index in [1.165, 1.54) is 0 Å². The van der Waals surface area contributed by atoms with Crippen molar-refractivity contribution >= 4 is 68.9 Å². The molecule has 0 saturated carbocycles. The monoisotopic (exact) mass is 625 g/mol. The Hall–Kier alpha value is -2.47. The van der Waals surface area contributed by atoms with E-state index in [2.05, 4.69) is 61.0 Å². The summed E-state index contributed by atoms with van der Waals surface area (Å²) in [5.74, 6) is 0.0554. The smallest absolute Gasteiger partial charge is 0.271 e. The van der Waals surface area contributed by atoms with Crippen LogP contribution in [0.4, 0.5) is 5.69 Å². The summed E-state index contributed by atoms with van der Waals surface area (Å²) in [5.41, 5.74) is 4.59. The van der Waals surface area contributed by atoms with E-state index in [9.17, 15) is 9.59 Å². The first kappa shape index (κ1) is 22.2. The lowest BCUT2D eigenvalue weighted by molar-refractivity contribution is -0.118. The summed E-state index contributed by atoms with van der Waals surface area (Å²) in [7, 11) is 0. The van der Waals surface area contributed by atoms with Gasteiger partial charge in [-0.1, -0.05) is 18.2 Å². The van der Waals surface area contributed by atoms with Crippen molar-refractivity contribution < 1.29 is 14.3 Å². The number of nitrogens with zero attached hydrogens (tertiary/aromatic N) is 1. The van der Waals surface area contributed by atoms with Crippen LogP contribution in [-0.4, -0.2) is 24.6 Å². The van der Waals surface area contributed by atoms with Crippen molar-refractivity contribution in [3.05, 3.63) is 91.1 Å². The minimum Gasteiger partial charge on any atom is -0.484 e. The van der Waals surface area contributed by atoms with Crippen LogP contribution in [0, 0.1) is 7.14 Å². The van der Waals surface area contributed by atoms with E-state index in [1.54, 1.807) is 42.6 Å². The number of amides is 2. The highest BCUT2D eigenvalue weighted by Crippen LogP contribution is 2.17. The molecule has 2 amide bonds. The number of hydrazone groups is 1. The van der Waals surface area contributed by atoms with Gasteiger partial charge in [0.1, 0.15) is 5.75 Å². The van der Waals surface area contributed by atoms with Crippen LogP contribution in [0.3, 0.4) is 0 Å². The summed E-state index contributed by atoms with van der Waals surface area (Å²) in [5, 5.41) is 6.79. The van der Waals surface area contributed by atoms with Gasteiger partial charge in [-0.15, -0.1) is 0 Å². The van der Waals surface area contributed by atoms with Crippen molar-refractivity contribution in [2.75, 3.05) is 11.9 Å². The van der Waals surface area contributed by atoms with Crippen LogP contribution in [0.5, 0.6) is 5.75 Å². The van der Waals surface area contributed by atoms with E-state index >= 15 is 0 Å². The van der Waals surface area contributed by atoms with Crippen LogP contribution < -0.4 is 15.5 Å². The van der Waals surface area contributed by atoms with Crippen molar-refractivity contribution in [2.45, 2.75) is 0 Å². The Bertz CT molecular complexity index is 1070. The first-order chi connectivity index (χ1) is 14.5. The van der Waals surface area contributed by atoms with Gasteiger partial charge in [0.2, 0.25) is 0 Å². The topological polar surface area (TPSA) is 79.8 Å². The molecule has 3 rings (SSSR count). The van der Waals surface area contributed by atoms with Crippen molar-refractivity contribution in [1.82, 2.24) is 5.43 Å². The average Bonchev–Trinajstić information content (AvgIpc) is 2.75. The molecule has 0 aromatic heterocycles. The van der Waals surface area contributed by atoms with E-state index in [0.29, 0.717) is 11.3 Å². The number of halogens is 2. The SMILES string of the molecule is O=C(COc1ccc(/C=N\NC(=O)c2cccc(I)c2)cc1)Nc1ccccc1I. The Labute approximate surface area is 201 Å². The van der Waals surface area contributed by atoms with Crippen LogP contribution in [0.2, 0.25) is 0 Å². The number of ether oxygens (including phenoxy) is 1. The molecule has 0 saturated heterocycles. The third kappa shape index (κ3) is 6.80. The number of carbonyl (C=O) groups is 2. The second-order valence-corrected chi connectivity index (χ2v) is 8.50. The minimum absolute atomic E-state index is 0.0929. The molecule has 152 valence electrons. The van der Waals surface area contributed by atoms with Crippen molar-refractivity contribution in [3.8, 4) is 5.75 Å². The van der Waals surface area contributed by atoms with Gasteiger partial charge in [-0.05, 0) is 105 Å². The molecular formula is C22H17I2N3O3. The zero-order chi connectivity index (χ0) is 21.3. The van der Waals surface area contributed by atoms with Crippen LogP contribution in [-0.2, 0) is 4.79 Å². The van der Waals surface area contributed by atoms with Crippen molar-refractivity contribution in [3.63, 3.8) is 0 Å². The summed E-state index contributed by atoms with van der Waals surface area (Å²) >= 11 is 4.31. The first-order valence-corrected chi connectivity index (χ1v) is 11.0. The maximum absolute atomic E-state index is 12.1. The number of para-hydroxylation sites is 1. The Balaban J connectivity index is 1.47. The molecule has 0 heterocycles. The first-order valence-electron chi connectivity index (χ1n) is 8.87. The lowest BCUT2D eigenvalue weighted by Gasteiger charge is -2.09. The van der Waals surface area contributed by atoms with Gasteiger partial charge in [-0.2, -0.15) is 5.10 Å². The molecule has 0 radical (unpaired) electrons. The van der Waals surface area contributed by atoms with Gasteiger partial charge in [0.05, 0.1) is 11.9 Å². The number of hydrogen-bond donors (Lipinski definition) is 2. The predicted octanol–water partition coefficient (Wildman–Crippen LogP) is 4.68. The van der Waals surface area contributed by atoms with Gasteiger partial charge in [-0.3, -0.25) is 9.59 Å². The van der Waals surface area contributed by atoms with Gasteiger partial charge in [0.15, 0.2) is 6.61 Å². The highest BCUT2D eigenvalue weighted by atomic mass is 127. The molecule has 30 heavy (non-hydrogen) atoms. The number of carbonyl (C=O) groups excluding carboxylic acids is 2. The molecule has 0 atom stereocenters. The summed E-state index contributed by atoms with van der Waals surface area (Å²) in [6.07, 6.45) is 1.54. The molecule has 0 spiro atoms. The van der Waals surface area contributed by atoms with Gasteiger partial charge in [0.25, 0.3) is 11.8 Å². The summed E-state index contributed by atoms with van der Waals surface area (Å²) in [6.45, 7) is -0.0929. The second kappa shape index (κ2) is 11.1. The van der Waals surface area contributed by atoms with Crippen LogP contribution in [0.15, 0.2) is 77.9 Å². The fourth-order valence-electron chi connectivity index (χ4n) is 2.41. The number of rotatable bonds is 7. The molecule has 0 unspecified atom stereocenters. The highest BCUT2D eigenvalue weighted by molar-refractivity contribution is 14.1. The summed E-state index contributed by atoms with van der Waals surface area (Å²) in [6, 6.07) is 21.8. The molecule has 0 aliphatic rings. The average molecular weight is 625 g/mol. The summed E-state index contributed by atoms with van der Waals surface area (Å²) < 4.78 is 7.46. The quantitative estimate of drug-likeness (QED) is 0.228. The normalized spacial score (nSPS) is 10.6. The van der Waals surface area contributed by atoms with Crippen LogP contribution >= 0.6 is 45.2 Å². The molecule has 3 aromatic rings. The van der Waals surface area contributed by atoms with Gasteiger partial charge in [-0.25, -0.2) is 5.43 Å². The van der Waals surface area contributed by atoms with Gasteiger partial charge in [0, 0.05) is 12.7 Å². The maximum atomic E-state index is 12.1. The fourth-order valence-corrected chi connectivity index (χ4v) is 3.47. The van der Waals surface area contributed by atoms with Gasteiger partial charge < -0.3 is 10.1 Å². The predicted molar refractivity (Wildman–Crippen MR) is 134 cm³/mol. The molecule has 2 N–H and O–H groups in total. The zero-order valence-electron chi connectivity index (χ0n) is 15.6. The third-order valence-corrected chi connectivity index (χ3v) is 5.48. The maximum Gasteiger partial charge on any atom is 0.271 e. The molecule has 0 bridgehead atoms. The Morgan fingerprint density at radius 1 is 0.967 bits per heavy atom. The lowest BCUT2D eigenvalue weighted by Crippen LogP contribution is -2.20. The molecule has 8 heteroatoms. The number of hydrogen-bond acceptors (Lipinski definition) is 4. The van der Waals surface area contributed by atoms with E-state index in [4.69, 9.17) is 4.74 Å². The minimum atomic E-state index is -0.274. The standard InChI is InChI=1S/C22H17I2N3O3/c23-17-5-3-4-16(12-17)22(29)27-25-13-15-8-10-18(11-9-15)30-14-21(28)26-20-7-2-1-6-19(20)24/h1-13H,14H2,(H,26,28)(H,27,29)/b25-13-. The summed E-state index contributed by atoms with van der Waals surface area (Å²) in [4.78, 5) is 24.1. The van der Waals surface area contributed by atoms with E-state index in [-0.39, 0.29) is 18.4 Å². The zero-order valence-corrected chi connectivity index (χ0v) is 20.0. The Morgan fingerprint density at radius 3 is 2.47 bits per heavy atom. The van der Waals surface area contributed by atoms with E-state index in [1.807, 2.05) is 36.4 Å². The molecular weight excluding hydrogens is 608 g/mol. The molecule has 0 aliphatic heterocycles. The van der Waals surface area contributed by atoms with Crippen molar-refractivity contribution in [1.29, 1.82) is 0 Å². The lowest BCUT2D eigenvalue weighted by atomic mass is 10.2. The van der Waals surface area contributed by atoms with E-state index < -0.39 is 0 Å². The van der Waals surface area contributed by atoms with Crippen LogP contribution in [0.25, 0.3) is 0 Å². The largest absolute Gasteiger partial charge is 0.484 e. The Morgan fingerprint density at radius 2 is 1.73 bits per heavy atom. The number of nitrogens with one attached hydrogen (secondary N) is 2. The Kier molecular flexibility index (Phi) is 8.20. The number of anilines is 1. The molecule has 0 aliphatic carbocycles. The second-order valence-electron chi connectivity index (χ2n) is 6.10.